The molecule has 33 heavy (non-hydrogen) atoms. The van der Waals surface area contributed by atoms with Gasteiger partial charge in [-0.2, -0.15) is 0 Å². The average Bonchev–Trinajstić information content (AvgIpc) is 3.28. The van der Waals surface area contributed by atoms with Crippen molar-refractivity contribution in [3.05, 3.63) is 54.4 Å². The number of furan rings is 1. The van der Waals surface area contributed by atoms with Gasteiger partial charge in [0.25, 0.3) is 0 Å². The summed E-state index contributed by atoms with van der Waals surface area (Å²) in [6.45, 7) is 7.18. The summed E-state index contributed by atoms with van der Waals surface area (Å²) in [7, 11) is 1.67. The maximum Gasteiger partial charge on any atom is 0.177 e. The number of para-hydroxylation sites is 1. The van der Waals surface area contributed by atoms with Crippen molar-refractivity contribution in [3.63, 3.8) is 0 Å². The molecule has 7 heteroatoms. The molecule has 1 fully saturated rings. The number of anilines is 1. The van der Waals surface area contributed by atoms with Crippen molar-refractivity contribution in [2.45, 2.75) is 13.0 Å². The van der Waals surface area contributed by atoms with Gasteiger partial charge in [-0.25, -0.2) is 0 Å². The molecule has 0 bridgehead atoms. The van der Waals surface area contributed by atoms with Crippen molar-refractivity contribution < 1.29 is 18.6 Å². The monoisotopic (exact) mass is 445 g/mol. The summed E-state index contributed by atoms with van der Waals surface area (Å²) in [5, 5.41) is 2.11. The van der Waals surface area contributed by atoms with Gasteiger partial charge in [-0.15, -0.1) is 0 Å². The lowest BCUT2D eigenvalue weighted by molar-refractivity contribution is 0.0587. The molecule has 7 nitrogen and oxygen atoms in total. The van der Waals surface area contributed by atoms with Gasteiger partial charge in [0.15, 0.2) is 22.8 Å². The Balaban J connectivity index is 1.13. The van der Waals surface area contributed by atoms with E-state index in [1.807, 2.05) is 43.5 Å². The molecule has 2 aliphatic heterocycles. The fraction of sp³-hybridized carbons (Fsp3) is 0.346. The van der Waals surface area contributed by atoms with E-state index in [1.165, 1.54) is 0 Å². The topological polar surface area (TPSA) is 60.2 Å². The van der Waals surface area contributed by atoms with Crippen LogP contribution in [-0.4, -0.2) is 62.4 Å². The Morgan fingerprint density at radius 2 is 1.91 bits per heavy atom. The SMILES string of the molecule is COc1cccc2c(N3CCN(C[C@H]4COc5ccc6nc(C)ccc6c5O4)CC3)coc12. The van der Waals surface area contributed by atoms with Crippen molar-refractivity contribution in [2.75, 3.05) is 51.3 Å². The minimum atomic E-state index is -0.00466. The summed E-state index contributed by atoms with van der Waals surface area (Å²) in [5.74, 6) is 2.38. The number of fused-ring (bicyclic) bond motifs is 4. The third-order valence-electron chi connectivity index (χ3n) is 6.57. The number of pyridine rings is 1. The quantitative estimate of drug-likeness (QED) is 0.465. The molecule has 0 radical (unpaired) electrons. The van der Waals surface area contributed by atoms with E-state index in [0.29, 0.717) is 6.61 Å². The molecular weight excluding hydrogens is 418 g/mol. The summed E-state index contributed by atoms with van der Waals surface area (Å²) in [5.41, 5.74) is 3.87. The molecule has 0 amide bonds. The lowest BCUT2D eigenvalue weighted by Crippen LogP contribution is -2.50. The Kier molecular flexibility index (Phi) is 4.99. The summed E-state index contributed by atoms with van der Waals surface area (Å²) < 4.78 is 23.7. The number of aryl methyl sites for hydroxylation is 1. The largest absolute Gasteiger partial charge is 0.493 e. The molecule has 2 aromatic carbocycles. The highest BCUT2D eigenvalue weighted by molar-refractivity contribution is 5.94. The number of benzene rings is 2. The first-order valence-corrected chi connectivity index (χ1v) is 11.4. The standard InChI is InChI=1S/C26H27N3O4/c1-17-6-7-19-21(27-17)8-9-24-26(19)33-18(15-31-24)14-28-10-12-29(13-11-28)22-16-32-25-20(22)4-3-5-23(25)30-2/h3-9,16,18H,10-15H2,1-2H3/t18-/m0/s1. The Labute approximate surface area is 192 Å². The third kappa shape index (κ3) is 3.62. The van der Waals surface area contributed by atoms with Gasteiger partial charge in [0.2, 0.25) is 0 Å². The van der Waals surface area contributed by atoms with E-state index in [4.69, 9.17) is 18.6 Å². The lowest BCUT2D eigenvalue weighted by Gasteiger charge is -2.38. The molecule has 0 unspecified atom stereocenters. The van der Waals surface area contributed by atoms with E-state index in [2.05, 4.69) is 26.9 Å². The molecule has 4 heterocycles. The fourth-order valence-corrected chi connectivity index (χ4v) is 4.85. The molecular formula is C26H27N3O4. The van der Waals surface area contributed by atoms with Crippen molar-refractivity contribution in [2.24, 2.45) is 0 Å². The van der Waals surface area contributed by atoms with Gasteiger partial charge >= 0.3 is 0 Å². The molecule has 170 valence electrons. The van der Waals surface area contributed by atoms with Crippen LogP contribution >= 0.6 is 0 Å². The lowest BCUT2D eigenvalue weighted by atomic mass is 10.1. The summed E-state index contributed by atoms with van der Waals surface area (Å²) >= 11 is 0. The van der Waals surface area contributed by atoms with Crippen LogP contribution in [0.4, 0.5) is 5.69 Å². The molecule has 4 aromatic rings. The first kappa shape index (κ1) is 20.2. The van der Waals surface area contributed by atoms with Gasteiger partial charge in [-0.3, -0.25) is 9.88 Å². The molecule has 1 saturated heterocycles. The molecule has 2 aromatic heterocycles. The van der Waals surface area contributed by atoms with Crippen LogP contribution in [-0.2, 0) is 0 Å². The van der Waals surface area contributed by atoms with Crippen LogP contribution in [0.1, 0.15) is 5.69 Å². The molecule has 0 aliphatic carbocycles. The molecule has 0 spiro atoms. The number of aromatic nitrogens is 1. The Hall–Kier alpha value is -3.45. The van der Waals surface area contributed by atoms with Gasteiger partial charge in [-0.1, -0.05) is 6.07 Å². The Bertz CT molecular complexity index is 1310. The van der Waals surface area contributed by atoms with Crippen LogP contribution in [0.5, 0.6) is 17.2 Å². The van der Waals surface area contributed by atoms with Crippen molar-refractivity contribution >= 4 is 27.6 Å². The van der Waals surface area contributed by atoms with Crippen LogP contribution in [0.3, 0.4) is 0 Å². The second-order valence-electron chi connectivity index (χ2n) is 8.71. The van der Waals surface area contributed by atoms with Gasteiger partial charge < -0.3 is 23.5 Å². The van der Waals surface area contributed by atoms with E-state index in [0.717, 1.165) is 83.2 Å². The van der Waals surface area contributed by atoms with Gasteiger partial charge in [-0.05, 0) is 43.3 Å². The highest BCUT2D eigenvalue weighted by Crippen LogP contribution is 2.39. The van der Waals surface area contributed by atoms with Crippen molar-refractivity contribution in [1.29, 1.82) is 0 Å². The third-order valence-corrected chi connectivity index (χ3v) is 6.57. The van der Waals surface area contributed by atoms with Crippen LogP contribution < -0.4 is 19.1 Å². The Morgan fingerprint density at radius 3 is 2.76 bits per heavy atom. The summed E-state index contributed by atoms with van der Waals surface area (Å²) in [6.07, 6.45) is 1.84. The highest BCUT2D eigenvalue weighted by atomic mass is 16.6. The van der Waals surface area contributed by atoms with Gasteiger partial charge in [0, 0.05) is 49.2 Å². The first-order valence-electron chi connectivity index (χ1n) is 11.4. The molecule has 0 N–H and O–H groups in total. The Morgan fingerprint density at radius 1 is 1.03 bits per heavy atom. The molecule has 2 aliphatic rings. The number of rotatable bonds is 4. The number of methoxy groups -OCH3 is 1. The van der Waals surface area contributed by atoms with Crippen LogP contribution in [0, 0.1) is 6.92 Å². The van der Waals surface area contributed by atoms with Crippen molar-refractivity contribution in [1.82, 2.24) is 9.88 Å². The van der Waals surface area contributed by atoms with Gasteiger partial charge in [0.1, 0.15) is 19.0 Å². The molecule has 6 rings (SSSR count). The van der Waals surface area contributed by atoms with E-state index in [1.54, 1.807) is 7.11 Å². The highest BCUT2D eigenvalue weighted by Gasteiger charge is 2.28. The number of ether oxygens (including phenoxy) is 3. The number of hydrogen-bond donors (Lipinski definition) is 0. The van der Waals surface area contributed by atoms with Crippen LogP contribution in [0.25, 0.3) is 21.9 Å². The second-order valence-corrected chi connectivity index (χ2v) is 8.71. The zero-order chi connectivity index (χ0) is 22.4. The van der Waals surface area contributed by atoms with E-state index >= 15 is 0 Å². The number of nitrogens with zero attached hydrogens (tertiary/aromatic N) is 3. The maximum atomic E-state index is 6.42. The fourth-order valence-electron chi connectivity index (χ4n) is 4.85. The normalized spacial score (nSPS) is 18.7. The zero-order valence-corrected chi connectivity index (χ0v) is 18.9. The predicted molar refractivity (Wildman–Crippen MR) is 128 cm³/mol. The number of hydrogen-bond acceptors (Lipinski definition) is 7. The summed E-state index contributed by atoms with van der Waals surface area (Å²) in [6, 6.07) is 14.1. The van der Waals surface area contributed by atoms with E-state index in [9.17, 15) is 0 Å². The first-order chi connectivity index (χ1) is 16.2. The summed E-state index contributed by atoms with van der Waals surface area (Å²) in [4.78, 5) is 9.46. The van der Waals surface area contributed by atoms with E-state index in [-0.39, 0.29) is 6.10 Å². The number of piperazine rings is 1. The van der Waals surface area contributed by atoms with Crippen LogP contribution in [0.2, 0.25) is 0 Å². The van der Waals surface area contributed by atoms with Crippen molar-refractivity contribution in [3.8, 4) is 17.2 Å². The molecule has 0 saturated carbocycles. The minimum Gasteiger partial charge on any atom is -0.493 e. The average molecular weight is 446 g/mol. The van der Waals surface area contributed by atoms with Crippen LogP contribution in [0.15, 0.2) is 53.1 Å². The predicted octanol–water partition coefficient (Wildman–Crippen LogP) is 4.26. The zero-order valence-electron chi connectivity index (χ0n) is 18.9. The smallest absolute Gasteiger partial charge is 0.177 e. The van der Waals surface area contributed by atoms with Gasteiger partial charge in [0.05, 0.1) is 18.3 Å². The van der Waals surface area contributed by atoms with E-state index < -0.39 is 0 Å². The second kappa shape index (κ2) is 8.15. The maximum absolute atomic E-state index is 6.42. The minimum absolute atomic E-state index is 0.00466. The molecule has 1 atom stereocenters.